The van der Waals surface area contributed by atoms with Gasteiger partial charge in [-0.05, 0) is 12.8 Å². The number of likely N-dealkylation sites (N-methyl/N-ethyl adjacent to an activating group) is 2. The van der Waals surface area contributed by atoms with Crippen molar-refractivity contribution in [3.8, 4) is 5.88 Å². The van der Waals surface area contributed by atoms with Gasteiger partial charge in [0.2, 0.25) is 6.23 Å². The first-order valence-corrected chi connectivity index (χ1v) is 24.8. The van der Waals surface area contributed by atoms with Crippen molar-refractivity contribution in [3.63, 3.8) is 0 Å². The molecule has 16 heteroatoms. The molecule has 0 aromatic carbocycles. The molecular weight excluding hydrogens is 796 g/mol. The highest BCUT2D eigenvalue weighted by molar-refractivity contribution is 7.47. The lowest BCUT2D eigenvalue weighted by Crippen LogP contribution is -2.55. The quantitative estimate of drug-likeness (QED) is 0.0299. The second-order valence-corrected chi connectivity index (χ2v) is 19.4. The molecule has 2 rings (SSSR count). The molecule has 0 fully saturated rings. The minimum absolute atomic E-state index is 0.0208. The molecule has 0 amide bonds. The average molecular weight is 877 g/mol. The molecular formula is C43H81N4O10PS+2. The Morgan fingerprint density at radius 3 is 1.98 bits per heavy atom. The third kappa shape index (κ3) is 24.8. The fraction of sp³-hybridized carbons (Fsp3) is 0.860. The second-order valence-electron chi connectivity index (χ2n) is 17.4. The Morgan fingerprint density at radius 2 is 1.39 bits per heavy atom. The summed E-state index contributed by atoms with van der Waals surface area (Å²) in [5.74, 6) is 0.0896. The third-order valence-electron chi connectivity index (χ3n) is 10.8. The van der Waals surface area contributed by atoms with E-state index in [0.717, 1.165) is 62.2 Å². The van der Waals surface area contributed by atoms with Gasteiger partial charge in [0.05, 0.1) is 59.7 Å². The van der Waals surface area contributed by atoms with Crippen molar-refractivity contribution in [3.05, 3.63) is 11.8 Å². The molecule has 2 heterocycles. The molecule has 342 valence electrons. The molecule has 0 bridgehead atoms. The Balaban J connectivity index is 1.84. The predicted octanol–water partition coefficient (Wildman–Crippen LogP) is 10.2. The SMILES string of the molecule is CCCCCCCCCCCCCCCCCC(=O)OCC(COP(=O)(O)OCC[N+](C)(C)C)OC(=O)O[C@H](C)[N+]1(C)CCC=C(c2nsnc2OCCCCCC)C1. The van der Waals surface area contributed by atoms with Gasteiger partial charge in [-0.25, -0.2) is 9.36 Å². The smallest absolute Gasteiger partial charge is 0.475 e. The van der Waals surface area contributed by atoms with Crippen LogP contribution in [0.25, 0.3) is 5.57 Å². The van der Waals surface area contributed by atoms with Crippen LogP contribution in [0.1, 0.15) is 161 Å². The van der Waals surface area contributed by atoms with Crippen LogP contribution >= 0.6 is 19.6 Å². The van der Waals surface area contributed by atoms with E-state index >= 15 is 0 Å². The molecule has 0 saturated heterocycles. The van der Waals surface area contributed by atoms with E-state index in [-0.39, 0.29) is 19.6 Å². The molecule has 1 N–H and O–H groups in total. The number of esters is 1. The molecule has 3 unspecified atom stereocenters. The molecule has 0 spiro atoms. The number of carbonyl (C=O) groups is 2. The van der Waals surface area contributed by atoms with Crippen molar-refractivity contribution in [1.82, 2.24) is 8.75 Å². The van der Waals surface area contributed by atoms with E-state index in [1.165, 1.54) is 77.0 Å². The van der Waals surface area contributed by atoms with E-state index < -0.39 is 38.9 Å². The number of ether oxygens (including phenoxy) is 4. The molecule has 4 atom stereocenters. The molecule has 1 aromatic rings. The summed E-state index contributed by atoms with van der Waals surface area (Å²) in [4.78, 5) is 36.2. The van der Waals surface area contributed by atoms with E-state index in [9.17, 15) is 19.0 Å². The number of hydrogen-bond acceptors (Lipinski definition) is 12. The maximum atomic E-state index is 13.2. The van der Waals surface area contributed by atoms with Crippen molar-refractivity contribution < 1.29 is 56.0 Å². The van der Waals surface area contributed by atoms with Gasteiger partial charge in [-0.1, -0.05) is 129 Å². The maximum Gasteiger partial charge on any atom is 0.513 e. The van der Waals surface area contributed by atoms with Crippen molar-refractivity contribution >= 4 is 37.2 Å². The fourth-order valence-corrected chi connectivity index (χ4v) is 8.08. The van der Waals surface area contributed by atoms with Crippen molar-refractivity contribution in [2.45, 2.75) is 168 Å². The standard InChI is InChI=1S/C43H80N4O10PS/c1-8-10-12-14-15-16-17-18-19-20-21-22-23-24-25-29-40(48)53-35-39(36-55-58(50,51)54-33-31-46(4,5)6)57-43(49)56-37(3)47(7)30-27-28-38(34-47)41-42(45-59-44-41)52-32-26-13-11-9-2/h28,37,39H,8-27,29-36H2,1-7H3/q+1/p+1/t37-,39?,47?/m1/s1. The first-order valence-electron chi connectivity index (χ1n) is 22.6. The van der Waals surface area contributed by atoms with Crippen molar-refractivity contribution in [1.29, 1.82) is 0 Å². The van der Waals surface area contributed by atoms with Gasteiger partial charge in [-0.15, -0.1) is 4.37 Å². The zero-order chi connectivity index (χ0) is 43.4. The first-order chi connectivity index (χ1) is 28.2. The number of carbonyl (C=O) groups excluding carboxylic acids is 2. The number of nitrogens with zero attached hydrogens (tertiary/aromatic N) is 4. The van der Waals surface area contributed by atoms with Gasteiger partial charge in [-0.3, -0.25) is 18.3 Å². The molecule has 0 saturated carbocycles. The fourth-order valence-electron chi connectivity index (χ4n) is 6.81. The van der Waals surface area contributed by atoms with Gasteiger partial charge < -0.3 is 28.3 Å². The monoisotopic (exact) mass is 877 g/mol. The summed E-state index contributed by atoms with van der Waals surface area (Å²) >= 11 is 1.11. The average Bonchev–Trinajstić information content (AvgIpc) is 3.65. The summed E-state index contributed by atoms with van der Waals surface area (Å²) < 4.78 is 55.6. The van der Waals surface area contributed by atoms with E-state index in [2.05, 4.69) is 28.7 Å². The molecule has 1 aliphatic heterocycles. The Labute approximate surface area is 360 Å². The number of hydrogen-bond donors (Lipinski definition) is 1. The van der Waals surface area contributed by atoms with Crippen molar-refractivity contribution in [2.24, 2.45) is 0 Å². The minimum Gasteiger partial charge on any atom is -0.475 e. The molecule has 59 heavy (non-hydrogen) atoms. The first kappa shape index (κ1) is 53.0. The normalized spacial score (nSPS) is 17.8. The third-order valence-corrected chi connectivity index (χ3v) is 12.3. The van der Waals surface area contributed by atoms with Crippen LogP contribution in [0.2, 0.25) is 0 Å². The van der Waals surface area contributed by atoms with Gasteiger partial charge in [0.1, 0.15) is 32.0 Å². The van der Waals surface area contributed by atoms with E-state index in [1.54, 1.807) is 6.92 Å². The van der Waals surface area contributed by atoms with Gasteiger partial charge in [0, 0.05) is 25.3 Å². The highest BCUT2D eigenvalue weighted by Crippen LogP contribution is 2.43. The van der Waals surface area contributed by atoms with Crippen LogP contribution < -0.4 is 4.74 Å². The Hall–Kier alpha value is -2.13. The van der Waals surface area contributed by atoms with Crippen LogP contribution in [-0.2, 0) is 32.6 Å². The number of unbranched alkanes of at least 4 members (excludes halogenated alkanes) is 17. The van der Waals surface area contributed by atoms with Crippen LogP contribution in [-0.4, -0.2) is 121 Å². The number of rotatable bonds is 35. The van der Waals surface area contributed by atoms with Crippen molar-refractivity contribution in [2.75, 3.05) is 74.3 Å². The summed E-state index contributed by atoms with van der Waals surface area (Å²) in [5, 5.41) is 0. The van der Waals surface area contributed by atoms with E-state index in [0.29, 0.717) is 53.2 Å². The molecule has 1 aromatic heterocycles. The predicted molar refractivity (Wildman–Crippen MR) is 234 cm³/mol. The number of quaternary nitrogens is 2. The lowest BCUT2D eigenvalue weighted by atomic mass is 10.0. The van der Waals surface area contributed by atoms with Gasteiger partial charge in [-0.2, -0.15) is 4.37 Å². The lowest BCUT2D eigenvalue weighted by Gasteiger charge is -2.41. The highest BCUT2D eigenvalue weighted by atomic mass is 32.1. The van der Waals surface area contributed by atoms with Gasteiger partial charge in [0.15, 0.2) is 6.10 Å². The summed E-state index contributed by atoms with van der Waals surface area (Å²) in [6.07, 6.45) is 23.1. The van der Waals surface area contributed by atoms with Crippen LogP contribution in [0.15, 0.2) is 6.08 Å². The number of phosphoric acid groups is 1. The number of phosphoric ester groups is 1. The topological polar surface area (TPSA) is 153 Å². The van der Waals surface area contributed by atoms with Crippen LogP contribution in [0.4, 0.5) is 4.79 Å². The highest BCUT2D eigenvalue weighted by Gasteiger charge is 2.38. The van der Waals surface area contributed by atoms with Crippen LogP contribution in [0.5, 0.6) is 5.88 Å². The van der Waals surface area contributed by atoms with E-state index in [4.69, 9.17) is 28.0 Å². The Kier molecular flexibility index (Phi) is 27.0. The Morgan fingerprint density at radius 1 is 0.814 bits per heavy atom. The Bertz CT molecular complexity index is 1380. The summed E-state index contributed by atoms with van der Waals surface area (Å²) in [6.45, 7) is 7.57. The lowest BCUT2D eigenvalue weighted by molar-refractivity contribution is -0.944. The van der Waals surface area contributed by atoms with Gasteiger partial charge >= 0.3 is 19.9 Å². The van der Waals surface area contributed by atoms with Crippen LogP contribution in [0.3, 0.4) is 0 Å². The summed E-state index contributed by atoms with van der Waals surface area (Å²) in [7, 11) is 3.29. The molecule has 0 aliphatic carbocycles. The van der Waals surface area contributed by atoms with E-state index in [1.807, 2.05) is 28.2 Å². The number of aromatic nitrogens is 2. The molecule has 1 aliphatic rings. The van der Waals surface area contributed by atoms with Gasteiger partial charge in [0.25, 0.3) is 5.88 Å². The summed E-state index contributed by atoms with van der Waals surface area (Å²) in [6, 6.07) is 0. The minimum atomic E-state index is -4.49. The summed E-state index contributed by atoms with van der Waals surface area (Å²) in [5.41, 5.74) is 1.68. The molecule has 14 nitrogen and oxygen atoms in total. The maximum absolute atomic E-state index is 13.2. The molecule has 0 radical (unpaired) electrons. The second kappa shape index (κ2) is 30.0. The zero-order valence-corrected chi connectivity index (χ0v) is 39.5. The zero-order valence-electron chi connectivity index (χ0n) is 37.8. The van der Waals surface area contributed by atoms with Crippen LogP contribution in [0, 0.1) is 0 Å². The largest absolute Gasteiger partial charge is 0.513 e.